The predicted octanol–water partition coefficient (Wildman–Crippen LogP) is 14.2. The summed E-state index contributed by atoms with van der Waals surface area (Å²) < 4.78 is 2.33. The quantitative estimate of drug-likeness (QED) is 0.165. The third kappa shape index (κ3) is 5.02. The van der Waals surface area contributed by atoms with Crippen LogP contribution >= 0.6 is 0 Å². The summed E-state index contributed by atoms with van der Waals surface area (Å²) in [5.41, 5.74) is 11.2. The molecule has 2 heterocycles. The highest BCUT2D eigenvalue weighted by atomic mass is 15.0. The van der Waals surface area contributed by atoms with E-state index in [9.17, 15) is 5.26 Å². The van der Waals surface area contributed by atoms with Gasteiger partial charge in [0.15, 0.2) is 5.82 Å². The Morgan fingerprint density at radius 2 is 0.864 bits per heavy atom. The van der Waals surface area contributed by atoms with Gasteiger partial charge in [0.25, 0.3) is 0 Å². The van der Waals surface area contributed by atoms with Crippen molar-refractivity contribution in [1.82, 2.24) is 14.5 Å². The van der Waals surface area contributed by atoms with E-state index in [-0.39, 0.29) is 0 Å². The van der Waals surface area contributed by atoms with Crippen LogP contribution in [0.1, 0.15) is 5.56 Å². The largest absolute Gasteiger partial charge is 0.309 e. The van der Waals surface area contributed by atoms with Gasteiger partial charge in [-0.25, -0.2) is 9.97 Å². The predicted molar refractivity (Wildman–Crippen MR) is 244 cm³/mol. The average Bonchev–Trinajstić information content (AvgIpc) is 3.66. The monoisotopic (exact) mass is 748 g/mol. The second-order valence-electron chi connectivity index (χ2n) is 15.2. The van der Waals surface area contributed by atoms with Crippen LogP contribution in [0.3, 0.4) is 0 Å². The summed E-state index contributed by atoms with van der Waals surface area (Å²) in [6, 6.07) is 70.9. The lowest BCUT2D eigenvalue weighted by atomic mass is 9.87. The molecule has 0 fully saturated rings. The summed E-state index contributed by atoms with van der Waals surface area (Å²) >= 11 is 0. The van der Waals surface area contributed by atoms with E-state index in [4.69, 9.17) is 9.97 Å². The van der Waals surface area contributed by atoms with Gasteiger partial charge in [0.2, 0.25) is 0 Å². The van der Waals surface area contributed by atoms with Gasteiger partial charge < -0.3 is 4.57 Å². The number of nitrogens with zero attached hydrogens (tertiary/aromatic N) is 4. The summed E-state index contributed by atoms with van der Waals surface area (Å²) in [5.74, 6) is 0.693. The molecule has 0 amide bonds. The molecule has 0 aliphatic heterocycles. The van der Waals surface area contributed by atoms with E-state index in [1.807, 2.05) is 24.3 Å². The molecule has 0 unspecified atom stereocenters. The van der Waals surface area contributed by atoms with Crippen LogP contribution in [0.2, 0.25) is 0 Å². The van der Waals surface area contributed by atoms with E-state index in [0.29, 0.717) is 11.4 Å². The first-order valence-electron chi connectivity index (χ1n) is 19.9. The van der Waals surface area contributed by atoms with Gasteiger partial charge in [-0.2, -0.15) is 5.26 Å². The molecular weight excluding hydrogens is 717 g/mol. The van der Waals surface area contributed by atoms with Crippen LogP contribution in [0.25, 0.3) is 116 Å². The number of benzene rings is 10. The Labute approximate surface area is 339 Å². The minimum atomic E-state index is 0.685. The van der Waals surface area contributed by atoms with Crippen molar-refractivity contribution in [1.29, 1.82) is 5.26 Å². The Bertz CT molecular complexity index is 3600. The van der Waals surface area contributed by atoms with Crippen molar-refractivity contribution in [3.8, 4) is 56.8 Å². The van der Waals surface area contributed by atoms with Crippen LogP contribution in [0.15, 0.2) is 194 Å². The zero-order valence-electron chi connectivity index (χ0n) is 31.8. The normalized spacial score (nSPS) is 11.7. The summed E-state index contributed by atoms with van der Waals surface area (Å²) in [7, 11) is 0. The molecule has 0 bridgehead atoms. The molecule has 0 aliphatic rings. The lowest BCUT2D eigenvalue weighted by Gasteiger charge is -2.17. The molecule has 0 atom stereocenters. The number of fused-ring (bicyclic) bond motifs is 5. The molecule has 59 heavy (non-hydrogen) atoms. The molecule has 12 rings (SSSR count). The fourth-order valence-electron chi connectivity index (χ4n) is 9.38. The summed E-state index contributed by atoms with van der Waals surface area (Å²) in [4.78, 5) is 10.6. The Hall–Kier alpha value is -8.13. The summed E-state index contributed by atoms with van der Waals surface area (Å²) in [5, 5.41) is 21.5. The fraction of sp³-hybridized carbons (Fsp3) is 0. The van der Waals surface area contributed by atoms with E-state index in [1.54, 1.807) is 0 Å². The van der Waals surface area contributed by atoms with E-state index in [1.165, 1.54) is 27.1 Å². The zero-order valence-corrected chi connectivity index (χ0v) is 31.8. The molecule has 10 aromatic carbocycles. The van der Waals surface area contributed by atoms with Gasteiger partial charge in [0.1, 0.15) is 0 Å². The molecule has 0 aliphatic carbocycles. The highest BCUT2D eigenvalue weighted by molar-refractivity contribution is 6.30. The molecule has 4 heteroatoms. The summed E-state index contributed by atoms with van der Waals surface area (Å²) in [6.45, 7) is 0. The zero-order chi connectivity index (χ0) is 39.0. The molecule has 0 saturated carbocycles. The number of rotatable bonds is 5. The average molecular weight is 749 g/mol. The third-order valence-electron chi connectivity index (χ3n) is 12.0. The first-order valence-corrected chi connectivity index (χ1v) is 19.9. The lowest BCUT2D eigenvalue weighted by molar-refractivity contribution is 1.18. The van der Waals surface area contributed by atoms with Crippen molar-refractivity contribution in [3.05, 3.63) is 200 Å². The van der Waals surface area contributed by atoms with Crippen molar-refractivity contribution in [2.45, 2.75) is 0 Å². The van der Waals surface area contributed by atoms with Crippen molar-refractivity contribution < 1.29 is 0 Å². The minimum Gasteiger partial charge on any atom is -0.309 e. The molecule has 0 saturated heterocycles. The highest BCUT2D eigenvalue weighted by Gasteiger charge is 2.23. The molecule has 4 nitrogen and oxygen atoms in total. The van der Waals surface area contributed by atoms with Gasteiger partial charge in [-0.3, -0.25) is 0 Å². The van der Waals surface area contributed by atoms with E-state index >= 15 is 0 Å². The molecule has 0 radical (unpaired) electrons. The second kappa shape index (κ2) is 13.0. The SMILES string of the molecule is N#Cc1ccc2c3c1ccc1c(-c4cc5c6ccccc6c(-c6nc(-c7ccccc7)cc(-c7ccccc7)n6)cc5c5ccccc45)ccc(c13)n2-c1ccccc1. The number of hydrogen-bond donors (Lipinski definition) is 0. The van der Waals surface area contributed by atoms with Gasteiger partial charge >= 0.3 is 0 Å². The Balaban J connectivity index is 1.15. The lowest BCUT2D eigenvalue weighted by Crippen LogP contribution is -1.97. The van der Waals surface area contributed by atoms with Crippen LogP contribution in [0, 0.1) is 11.3 Å². The fourth-order valence-corrected chi connectivity index (χ4v) is 9.38. The second-order valence-corrected chi connectivity index (χ2v) is 15.2. The van der Waals surface area contributed by atoms with Gasteiger partial charge in [-0.15, -0.1) is 0 Å². The van der Waals surface area contributed by atoms with Crippen LogP contribution in [-0.4, -0.2) is 14.5 Å². The third-order valence-corrected chi connectivity index (χ3v) is 12.0. The first-order chi connectivity index (χ1) is 29.2. The van der Waals surface area contributed by atoms with Crippen LogP contribution in [0.5, 0.6) is 0 Å². The van der Waals surface area contributed by atoms with Crippen LogP contribution in [-0.2, 0) is 0 Å². The van der Waals surface area contributed by atoms with Gasteiger partial charge in [0.05, 0.1) is 34.1 Å². The van der Waals surface area contributed by atoms with Crippen molar-refractivity contribution in [3.63, 3.8) is 0 Å². The molecule has 0 spiro atoms. The topological polar surface area (TPSA) is 54.5 Å². The van der Waals surface area contributed by atoms with E-state index < -0.39 is 0 Å². The van der Waals surface area contributed by atoms with Gasteiger partial charge in [-0.05, 0) is 97.4 Å². The van der Waals surface area contributed by atoms with Gasteiger partial charge in [0, 0.05) is 38.5 Å². The Morgan fingerprint density at radius 3 is 1.47 bits per heavy atom. The van der Waals surface area contributed by atoms with E-state index in [2.05, 4.69) is 180 Å². The maximum Gasteiger partial charge on any atom is 0.161 e. The molecule has 0 N–H and O–H groups in total. The number of nitriles is 1. The number of para-hydroxylation sites is 1. The summed E-state index contributed by atoms with van der Waals surface area (Å²) in [6.07, 6.45) is 0. The minimum absolute atomic E-state index is 0.685. The van der Waals surface area contributed by atoms with Crippen LogP contribution < -0.4 is 0 Å². The van der Waals surface area contributed by atoms with Crippen LogP contribution in [0.4, 0.5) is 0 Å². The van der Waals surface area contributed by atoms with Gasteiger partial charge in [-0.1, -0.05) is 146 Å². The highest BCUT2D eigenvalue weighted by Crippen LogP contribution is 2.47. The molecular formula is C55H32N4. The Morgan fingerprint density at radius 1 is 0.373 bits per heavy atom. The number of hydrogen-bond acceptors (Lipinski definition) is 3. The van der Waals surface area contributed by atoms with Crippen molar-refractivity contribution >= 4 is 64.9 Å². The molecule has 12 aromatic rings. The Kier molecular flexibility index (Phi) is 7.26. The van der Waals surface area contributed by atoms with Crippen molar-refractivity contribution in [2.75, 3.05) is 0 Å². The maximum absolute atomic E-state index is 10.2. The molecule has 2 aromatic heterocycles. The number of aromatic nitrogens is 3. The molecule has 272 valence electrons. The standard InChI is InChI=1S/C55H32N4/c56-33-36-24-28-51-53-38(36)25-26-44-43(27-29-52(54(44)53)59(51)37-18-8-3-9-19-37)45-30-46-41-22-12-13-23-42(41)48(31-47(46)40-21-11-10-20-39(40)45)55-57-49(34-14-4-1-5-15-34)32-50(58-55)35-16-6-2-7-17-35/h1-32H. The first kappa shape index (κ1) is 33.1. The maximum atomic E-state index is 10.2. The van der Waals surface area contributed by atoms with E-state index in [0.717, 1.165) is 82.7 Å². The van der Waals surface area contributed by atoms with Crippen molar-refractivity contribution in [2.24, 2.45) is 0 Å². The smallest absolute Gasteiger partial charge is 0.161 e.